The minimum absolute atomic E-state index is 0.214. The van der Waals surface area contributed by atoms with E-state index in [1.54, 1.807) is 5.57 Å². The molecular formula is C31H37NO2. The van der Waals surface area contributed by atoms with Crippen molar-refractivity contribution in [3.63, 3.8) is 0 Å². The predicted octanol–water partition coefficient (Wildman–Crippen LogP) is 5.80. The van der Waals surface area contributed by atoms with Crippen LogP contribution in [0.25, 0.3) is 0 Å². The summed E-state index contributed by atoms with van der Waals surface area (Å²) < 4.78 is 0. The molecule has 34 heavy (non-hydrogen) atoms. The Bertz CT molecular complexity index is 1160. The van der Waals surface area contributed by atoms with E-state index in [1.807, 2.05) is 6.08 Å². The summed E-state index contributed by atoms with van der Waals surface area (Å²) in [7, 11) is 4.19. The van der Waals surface area contributed by atoms with Crippen molar-refractivity contribution in [3.8, 4) is 11.8 Å². The topological polar surface area (TPSA) is 40.5 Å². The minimum Gasteiger partial charge on any atom is -0.378 e. The van der Waals surface area contributed by atoms with E-state index in [2.05, 4.69) is 62.0 Å². The molecule has 0 aliphatic heterocycles. The lowest BCUT2D eigenvalue weighted by Gasteiger charge is -2.53. The Kier molecular flexibility index (Phi) is 5.12. The summed E-state index contributed by atoms with van der Waals surface area (Å²) in [6.07, 6.45) is 10.7. The van der Waals surface area contributed by atoms with Gasteiger partial charge in [0.15, 0.2) is 5.78 Å². The highest BCUT2D eigenvalue weighted by Crippen LogP contribution is 2.66. The van der Waals surface area contributed by atoms with Crippen LogP contribution < -0.4 is 4.90 Å². The molecule has 1 N–H and O–H groups in total. The van der Waals surface area contributed by atoms with E-state index in [1.165, 1.54) is 35.2 Å². The van der Waals surface area contributed by atoms with Crippen molar-refractivity contribution in [1.82, 2.24) is 0 Å². The number of carbonyl (C=O) groups excluding carboxylic acids is 1. The van der Waals surface area contributed by atoms with E-state index in [4.69, 9.17) is 0 Å². The number of ketones is 1. The van der Waals surface area contributed by atoms with E-state index >= 15 is 0 Å². The number of allylic oxidation sites excluding steroid dienone is 4. The van der Waals surface area contributed by atoms with Crippen LogP contribution in [-0.2, 0) is 4.79 Å². The van der Waals surface area contributed by atoms with E-state index in [0.29, 0.717) is 24.2 Å². The van der Waals surface area contributed by atoms with Crippen LogP contribution in [0.3, 0.4) is 0 Å². The average molecular weight is 456 g/mol. The fourth-order valence-corrected chi connectivity index (χ4v) is 7.64. The molecule has 0 amide bonds. The van der Waals surface area contributed by atoms with E-state index in [-0.39, 0.29) is 17.1 Å². The fraction of sp³-hybridized carbons (Fsp3) is 0.581. The summed E-state index contributed by atoms with van der Waals surface area (Å²) in [6.45, 7) is 2.34. The van der Waals surface area contributed by atoms with Crippen molar-refractivity contribution >= 4 is 11.5 Å². The summed E-state index contributed by atoms with van der Waals surface area (Å²) in [5.74, 6) is 8.87. The quantitative estimate of drug-likeness (QED) is 0.573. The Hall–Kier alpha value is -2.31. The van der Waals surface area contributed by atoms with Gasteiger partial charge in [-0.25, -0.2) is 0 Å². The van der Waals surface area contributed by atoms with Crippen molar-refractivity contribution < 1.29 is 9.90 Å². The Balaban J connectivity index is 1.50. The average Bonchev–Trinajstić information content (AvgIpc) is 3.61. The Morgan fingerprint density at radius 3 is 2.68 bits per heavy atom. The first-order valence-electron chi connectivity index (χ1n) is 13.3. The van der Waals surface area contributed by atoms with Crippen LogP contribution in [0.2, 0.25) is 0 Å². The molecule has 0 saturated heterocycles. The van der Waals surface area contributed by atoms with Gasteiger partial charge < -0.3 is 10.0 Å². The van der Waals surface area contributed by atoms with Gasteiger partial charge in [0.25, 0.3) is 0 Å². The Labute approximate surface area is 204 Å². The molecule has 5 aliphatic carbocycles. The molecule has 3 fully saturated rings. The Morgan fingerprint density at radius 2 is 1.91 bits per heavy atom. The molecule has 0 heterocycles. The zero-order valence-corrected chi connectivity index (χ0v) is 20.9. The van der Waals surface area contributed by atoms with Crippen molar-refractivity contribution in [1.29, 1.82) is 0 Å². The monoisotopic (exact) mass is 455 g/mol. The molecular weight excluding hydrogens is 418 g/mol. The van der Waals surface area contributed by atoms with Crippen LogP contribution in [0.15, 0.2) is 47.1 Å². The first-order chi connectivity index (χ1) is 16.3. The van der Waals surface area contributed by atoms with Gasteiger partial charge >= 0.3 is 0 Å². The molecule has 1 aromatic carbocycles. The van der Waals surface area contributed by atoms with Crippen LogP contribution in [-0.4, -0.2) is 30.6 Å². The second-order valence-electron chi connectivity index (χ2n) is 11.9. The fourth-order valence-electron chi connectivity index (χ4n) is 7.64. The largest absolute Gasteiger partial charge is 0.378 e. The molecule has 5 atom stereocenters. The molecule has 3 saturated carbocycles. The van der Waals surface area contributed by atoms with Gasteiger partial charge in [0.05, 0.1) is 0 Å². The molecule has 0 unspecified atom stereocenters. The second kappa shape index (κ2) is 7.85. The molecule has 0 aromatic heterocycles. The van der Waals surface area contributed by atoms with E-state index < -0.39 is 5.60 Å². The van der Waals surface area contributed by atoms with Crippen molar-refractivity contribution in [2.45, 2.75) is 76.2 Å². The third-order valence-electron chi connectivity index (χ3n) is 9.74. The molecule has 3 nitrogen and oxygen atoms in total. The number of benzene rings is 1. The normalized spacial score (nSPS) is 36.6. The summed E-state index contributed by atoms with van der Waals surface area (Å²) in [5.41, 5.74) is 5.80. The van der Waals surface area contributed by atoms with Crippen molar-refractivity contribution in [2.24, 2.45) is 23.2 Å². The third-order valence-corrected chi connectivity index (χ3v) is 9.74. The molecule has 3 heteroatoms. The molecule has 0 spiro atoms. The number of aliphatic hydroxyl groups is 1. The van der Waals surface area contributed by atoms with Gasteiger partial charge in [-0.2, -0.15) is 0 Å². The lowest BCUT2D eigenvalue weighted by Crippen LogP contribution is -2.51. The lowest BCUT2D eigenvalue weighted by molar-refractivity contribution is -0.114. The SMILES string of the molecule is CN(C)c1cccc([C@H]2C[C@@]3(C)[C@@H](CC[C@@]3(O)C#CC3CC3)[C@@H]3CCC4=CC(=O)CCC4=C32)c1. The van der Waals surface area contributed by atoms with Crippen LogP contribution in [0.4, 0.5) is 5.69 Å². The number of hydrogen-bond acceptors (Lipinski definition) is 3. The van der Waals surface area contributed by atoms with Gasteiger partial charge in [-0.1, -0.05) is 36.5 Å². The van der Waals surface area contributed by atoms with E-state index in [9.17, 15) is 9.90 Å². The zero-order valence-electron chi connectivity index (χ0n) is 20.9. The van der Waals surface area contributed by atoms with Crippen molar-refractivity contribution in [2.75, 3.05) is 19.0 Å². The molecule has 5 aliphatic rings. The van der Waals surface area contributed by atoms with Gasteiger partial charge in [-0.05, 0) is 98.1 Å². The van der Waals surface area contributed by atoms with Crippen LogP contribution in [0, 0.1) is 35.0 Å². The smallest absolute Gasteiger partial charge is 0.156 e. The maximum Gasteiger partial charge on any atom is 0.156 e. The maximum absolute atomic E-state index is 12.2. The maximum atomic E-state index is 12.2. The highest BCUT2D eigenvalue weighted by atomic mass is 16.3. The highest BCUT2D eigenvalue weighted by Gasteiger charge is 2.62. The summed E-state index contributed by atoms with van der Waals surface area (Å²) in [5, 5.41) is 12.0. The second-order valence-corrected chi connectivity index (χ2v) is 11.9. The van der Waals surface area contributed by atoms with Crippen molar-refractivity contribution in [3.05, 3.63) is 52.6 Å². The van der Waals surface area contributed by atoms with E-state index in [0.717, 1.165) is 38.5 Å². The number of carbonyl (C=O) groups is 1. The van der Waals surface area contributed by atoms with Crippen LogP contribution in [0.1, 0.15) is 76.2 Å². The molecule has 6 rings (SSSR count). The van der Waals surface area contributed by atoms with Crippen LogP contribution in [0.5, 0.6) is 0 Å². The highest BCUT2D eigenvalue weighted by molar-refractivity contribution is 5.93. The minimum atomic E-state index is -0.896. The number of nitrogens with zero attached hydrogens (tertiary/aromatic N) is 1. The number of hydrogen-bond donors (Lipinski definition) is 1. The molecule has 0 radical (unpaired) electrons. The van der Waals surface area contributed by atoms with Gasteiger partial charge in [0.1, 0.15) is 5.60 Å². The van der Waals surface area contributed by atoms with Gasteiger partial charge in [-0.3, -0.25) is 4.79 Å². The summed E-state index contributed by atoms with van der Waals surface area (Å²) in [4.78, 5) is 14.4. The first-order valence-corrected chi connectivity index (χ1v) is 13.3. The molecule has 1 aromatic rings. The van der Waals surface area contributed by atoms with Gasteiger partial charge in [0, 0.05) is 43.5 Å². The number of fused-ring (bicyclic) bond motifs is 4. The third kappa shape index (κ3) is 3.41. The first kappa shape index (κ1) is 22.2. The van der Waals surface area contributed by atoms with Gasteiger partial charge in [-0.15, -0.1) is 0 Å². The molecule has 0 bridgehead atoms. The van der Waals surface area contributed by atoms with Gasteiger partial charge in [0.2, 0.25) is 0 Å². The summed E-state index contributed by atoms with van der Waals surface area (Å²) in [6, 6.07) is 8.97. The van der Waals surface area contributed by atoms with Crippen LogP contribution >= 0.6 is 0 Å². The number of anilines is 1. The zero-order chi connectivity index (χ0) is 23.7. The molecule has 178 valence electrons. The summed E-state index contributed by atoms with van der Waals surface area (Å²) >= 11 is 0. The Morgan fingerprint density at radius 1 is 1.09 bits per heavy atom. The predicted molar refractivity (Wildman–Crippen MR) is 136 cm³/mol. The lowest BCUT2D eigenvalue weighted by atomic mass is 9.51. The number of rotatable bonds is 2. The standard InChI is InChI=1S/C31H37NO2/c1-30-19-27(21-5-4-6-23(17-21)32(2)3)29-25-12-10-24(33)18-22(25)9-11-26(29)28(30)14-16-31(30,34)15-13-20-7-8-20/h4-6,17-18,20,26-28,34H,7-12,14,16,19H2,1-3H3/t26-,27+,28-,30-,31-/m0/s1.